The molecule has 1 heteroatoms. The van der Waals surface area contributed by atoms with Crippen LogP contribution in [0.3, 0.4) is 0 Å². The van der Waals surface area contributed by atoms with Crippen molar-refractivity contribution in [1.29, 1.82) is 5.26 Å². The van der Waals surface area contributed by atoms with Crippen LogP contribution in [0.1, 0.15) is 39.5 Å². The van der Waals surface area contributed by atoms with Gasteiger partial charge in [-0.05, 0) is 42.4 Å². The summed E-state index contributed by atoms with van der Waals surface area (Å²) in [5.41, 5.74) is 0.555. The van der Waals surface area contributed by atoms with E-state index in [-0.39, 0.29) is 0 Å². The van der Waals surface area contributed by atoms with Gasteiger partial charge in [-0.1, -0.05) is 13.8 Å². The SMILES string of the molecule is CC1(C)C2CC[C@H](CC#N)C1C2. The minimum Gasteiger partial charge on any atom is -0.198 e. The zero-order chi connectivity index (χ0) is 8.77. The second kappa shape index (κ2) is 2.49. The Balaban J connectivity index is 2.07. The average Bonchev–Trinajstić information content (AvgIpc) is 2.05. The van der Waals surface area contributed by atoms with Crippen molar-refractivity contribution in [2.45, 2.75) is 39.5 Å². The van der Waals surface area contributed by atoms with Gasteiger partial charge in [0.2, 0.25) is 0 Å². The Hall–Kier alpha value is -0.510. The average molecular weight is 163 g/mol. The van der Waals surface area contributed by atoms with Crippen LogP contribution in [0, 0.1) is 34.5 Å². The van der Waals surface area contributed by atoms with E-state index in [9.17, 15) is 0 Å². The Bertz CT molecular complexity index is 222. The highest BCUT2D eigenvalue weighted by Gasteiger charge is 2.53. The van der Waals surface area contributed by atoms with Crippen molar-refractivity contribution < 1.29 is 0 Å². The molecule has 12 heavy (non-hydrogen) atoms. The zero-order valence-corrected chi connectivity index (χ0v) is 8.01. The highest BCUT2D eigenvalue weighted by Crippen LogP contribution is 2.61. The highest BCUT2D eigenvalue weighted by atomic mass is 14.6. The Kier molecular flexibility index (Phi) is 1.68. The zero-order valence-electron chi connectivity index (χ0n) is 8.01. The van der Waals surface area contributed by atoms with Crippen LogP contribution in [0.25, 0.3) is 0 Å². The summed E-state index contributed by atoms with van der Waals surface area (Å²) >= 11 is 0. The van der Waals surface area contributed by atoms with Gasteiger partial charge in [0.1, 0.15) is 0 Å². The van der Waals surface area contributed by atoms with Gasteiger partial charge in [-0.15, -0.1) is 0 Å². The van der Waals surface area contributed by atoms with Gasteiger partial charge in [0.05, 0.1) is 6.07 Å². The van der Waals surface area contributed by atoms with E-state index in [0.717, 1.165) is 24.2 Å². The standard InChI is InChI=1S/C11H17N/c1-11(2)9-4-3-8(5-6-12)10(11)7-9/h8-10H,3-5,7H2,1-2H3/t8-,9?,10?/m1/s1. The normalized spacial score (nSPS) is 42.9. The molecule has 0 saturated heterocycles. The van der Waals surface area contributed by atoms with E-state index in [4.69, 9.17) is 5.26 Å². The maximum atomic E-state index is 8.67. The molecule has 0 amide bonds. The first-order valence-corrected chi connectivity index (χ1v) is 5.03. The second-order valence-electron chi connectivity index (χ2n) is 5.06. The van der Waals surface area contributed by atoms with Crippen molar-refractivity contribution in [2.24, 2.45) is 23.2 Å². The van der Waals surface area contributed by atoms with Crippen LogP contribution < -0.4 is 0 Å². The third-order valence-corrected chi connectivity index (χ3v) is 4.35. The van der Waals surface area contributed by atoms with Gasteiger partial charge in [0.25, 0.3) is 0 Å². The first-order chi connectivity index (χ1) is 5.66. The van der Waals surface area contributed by atoms with Crippen molar-refractivity contribution >= 4 is 0 Å². The first-order valence-electron chi connectivity index (χ1n) is 5.03. The summed E-state index contributed by atoms with van der Waals surface area (Å²) in [4.78, 5) is 0. The molecule has 3 atom stereocenters. The van der Waals surface area contributed by atoms with Crippen molar-refractivity contribution in [1.82, 2.24) is 0 Å². The lowest BCUT2D eigenvalue weighted by Crippen LogP contribution is -2.52. The van der Waals surface area contributed by atoms with E-state index in [2.05, 4.69) is 19.9 Å². The van der Waals surface area contributed by atoms with Gasteiger partial charge >= 0.3 is 0 Å². The number of nitriles is 1. The maximum Gasteiger partial charge on any atom is 0.0624 e. The predicted molar refractivity (Wildman–Crippen MR) is 48.3 cm³/mol. The van der Waals surface area contributed by atoms with Gasteiger partial charge in [0.15, 0.2) is 0 Å². The lowest BCUT2D eigenvalue weighted by Gasteiger charge is -2.60. The molecular weight excluding hydrogens is 146 g/mol. The van der Waals surface area contributed by atoms with Crippen molar-refractivity contribution in [2.75, 3.05) is 0 Å². The smallest absolute Gasteiger partial charge is 0.0624 e. The fraction of sp³-hybridized carbons (Fsp3) is 0.909. The Labute approximate surface area is 74.8 Å². The largest absolute Gasteiger partial charge is 0.198 e. The van der Waals surface area contributed by atoms with Gasteiger partial charge in [-0.2, -0.15) is 5.26 Å². The van der Waals surface area contributed by atoms with E-state index >= 15 is 0 Å². The van der Waals surface area contributed by atoms with Crippen molar-refractivity contribution in [3.05, 3.63) is 0 Å². The molecule has 0 aromatic carbocycles. The molecule has 0 aromatic heterocycles. The molecule has 2 bridgehead atoms. The van der Waals surface area contributed by atoms with E-state index in [1.807, 2.05) is 0 Å². The lowest BCUT2D eigenvalue weighted by atomic mass is 9.45. The van der Waals surface area contributed by atoms with E-state index in [0.29, 0.717) is 5.41 Å². The second-order valence-corrected chi connectivity index (χ2v) is 5.06. The molecule has 66 valence electrons. The first kappa shape index (κ1) is 8.10. The van der Waals surface area contributed by atoms with Crippen LogP contribution in [0.5, 0.6) is 0 Å². The predicted octanol–water partition coefficient (Wildman–Crippen LogP) is 2.97. The van der Waals surface area contributed by atoms with Crippen LogP contribution in [0.2, 0.25) is 0 Å². The van der Waals surface area contributed by atoms with Gasteiger partial charge in [-0.3, -0.25) is 0 Å². The number of fused-ring (bicyclic) bond motifs is 2. The van der Waals surface area contributed by atoms with Crippen LogP contribution in [0.4, 0.5) is 0 Å². The fourth-order valence-corrected chi connectivity index (χ4v) is 3.32. The summed E-state index contributed by atoms with van der Waals surface area (Å²) in [6, 6.07) is 2.33. The topological polar surface area (TPSA) is 23.8 Å². The van der Waals surface area contributed by atoms with Gasteiger partial charge < -0.3 is 0 Å². The molecule has 3 aliphatic rings. The highest BCUT2D eigenvalue weighted by molar-refractivity contribution is 5.04. The van der Waals surface area contributed by atoms with Crippen molar-refractivity contribution in [3.63, 3.8) is 0 Å². The monoisotopic (exact) mass is 163 g/mol. The number of rotatable bonds is 1. The van der Waals surface area contributed by atoms with E-state index < -0.39 is 0 Å². The van der Waals surface area contributed by atoms with Gasteiger partial charge in [0, 0.05) is 6.42 Å². The minimum absolute atomic E-state index is 0.555. The molecule has 0 N–H and O–H groups in total. The van der Waals surface area contributed by atoms with Crippen molar-refractivity contribution in [3.8, 4) is 6.07 Å². The van der Waals surface area contributed by atoms with Crippen LogP contribution in [-0.2, 0) is 0 Å². The molecule has 0 radical (unpaired) electrons. The Morgan fingerprint density at radius 1 is 1.42 bits per heavy atom. The molecule has 0 aromatic rings. The summed E-state index contributed by atoms with van der Waals surface area (Å²) < 4.78 is 0. The van der Waals surface area contributed by atoms with Crippen LogP contribution in [-0.4, -0.2) is 0 Å². The number of hydrogen-bond donors (Lipinski definition) is 0. The lowest BCUT2D eigenvalue weighted by molar-refractivity contribution is -0.103. The molecule has 1 nitrogen and oxygen atoms in total. The third kappa shape index (κ3) is 0.905. The molecule has 3 aliphatic carbocycles. The summed E-state index contributed by atoms with van der Waals surface area (Å²) in [5, 5.41) is 8.67. The number of nitrogens with zero attached hydrogens (tertiary/aromatic N) is 1. The summed E-state index contributed by atoms with van der Waals surface area (Å²) in [7, 11) is 0. The third-order valence-electron chi connectivity index (χ3n) is 4.35. The summed E-state index contributed by atoms with van der Waals surface area (Å²) in [6.45, 7) is 4.77. The molecule has 2 unspecified atom stereocenters. The molecule has 0 heterocycles. The Morgan fingerprint density at radius 3 is 2.67 bits per heavy atom. The molecular formula is C11H17N. The van der Waals surface area contributed by atoms with Gasteiger partial charge in [-0.25, -0.2) is 0 Å². The summed E-state index contributed by atoms with van der Waals surface area (Å²) in [6.07, 6.45) is 4.88. The molecule has 3 saturated carbocycles. The minimum atomic E-state index is 0.555. The number of hydrogen-bond acceptors (Lipinski definition) is 1. The van der Waals surface area contributed by atoms with E-state index in [1.54, 1.807) is 0 Å². The molecule has 3 rings (SSSR count). The molecule has 0 spiro atoms. The molecule has 3 fully saturated rings. The summed E-state index contributed by atoms with van der Waals surface area (Å²) in [5.74, 6) is 2.54. The molecule has 0 aliphatic heterocycles. The maximum absolute atomic E-state index is 8.67. The van der Waals surface area contributed by atoms with Crippen LogP contribution in [0.15, 0.2) is 0 Å². The fourth-order valence-electron chi connectivity index (χ4n) is 3.32. The van der Waals surface area contributed by atoms with Crippen LogP contribution >= 0.6 is 0 Å². The van der Waals surface area contributed by atoms with E-state index in [1.165, 1.54) is 19.3 Å². The quantitative estimate of drug-likeness (QED) is 0.583. The Morgan fingerprint density at radius 2 is 2.17 bits per heavy atom.